The molecule has 4 nitrogen and oxygen atoms in total. The first-order valence-electron chi connectivity index (χ1n) is 7.89. The Morgan fingerprint density at radius 3 is 2.64 bits per heavy atom. The number of carbonyl (C=O) groups excluding carboxylic acids is 1. The van der Waals surface area contributed by atoms with Crippen LogP contribution in [0, 0.1) is 11.8 Å². The SMILES string of the molecule is CC(C(=O)NC(CN)c1ccc2ccccc2c1)C1CNC1. The molecular formula is C18H23N3O. The maximum atomic E-state index is 12.4. The first kappa shape index (κ1) is 15.0. The predicted octanol–water partition coefficient (Wildman–Crippen LogP) is 1.81. The summed E-state index contributed by atoms with van der Waals surface area (Å²) in [6.45, 7) is 4.25. The molecule has 3 rings (SSSR count). The summed E-state index contributed by atoms with van der Waals surface area (Å²) in [7, 11) is 0. The minimum Gasteiger partial charge on any atom is -0.348 e. The van der Waals surface area contributed by atoms with Gasteiger partial charge in [0.05, 0.1) is 6.04 Å². The molecule has 4 N–H and O–H groups in total. The molecule has 0 aromatic heterocycles. The van der Waals surface area contributed by atoms with Gasteiger partial charge in [-0.15, -0.1) is 0 Å². The topological polar surface area (TPSA) is 67.2 Å². The molecule has 0 aliphatic carbocycles. The van der Waals surface area contributed by atoms with Crippen LogP contribution in [0.5, 0.6) is 0 Å². The monoisotopic (exact) mass is 297 g/mol. The van der Waals surface area contributed by atoms with Crippen molar-refractivity contribution in [2.45, 2.75) is 13.0 Å². The number of rotatable bonds is 5. The number of hydrogen-bond donors (Lipinski definition) is 3. The fourth-order valence-corrected chi connectivity index (χ4v) is 2.88. The fourth-order valence-electron chi connectivity index (χ4n) is 2.88. The van der Waals surface area contributed by atoms with E-state index < -0.39 is 0 Å². The van der Waals surface area contributed by atoms with E-state index in [4.69, 9.17) is 5.73 Å². The number of hydrogen-bond acceptors (Lipinski definition) is 3. The van der Waals surface area contributed by atoms with Crippen molar-refractivity contribution in [1.29, 1.82) is 0 Å². The first-order chi connectivity index (χ1) is 10.7. The zero-order valence-corrected chi connectivity index (χ0v) is 12.9. The minimum absolute atomic E-state index is 0.0238. The van der Waals surface area contributed by atoms with E-state index in [9.17, 15) is 4.79 Å². The Morgan fingerprint density at radius 1 is 1.27 bits per heavy atom. The normalized spacial score (nSPS) is 17.7. The molecule has 2 atom stereocenters. The van der Waals surface area contributed by atoms with E-state index in [2.05, 4.69) is 41.0 Å². The molecule has 4 heteroatoms. The third-order valence-electron chi connectivity index (χ3n) is 4.66. The first-order valence-corrected chi connectivity index (χ1v) is 7.89. The molecule has 1 saturated heterocycles. The van der Waals surface area contributed by atoms with E-state index in [1.54, 1.807) is 0 Å². The molecule has 1 fully saturated rings. The largest absolute Gasteiger partial charge is 0.348 e. The molecule has 0 saturated carbocycles. The molecule has 2 aromatic rings. The number of nitrogens with one attached hydrogen (secondary N) is 2. The van der Waals surface area contributed by atoms with Gasteiger partial charge in [-0.05, 0) is 41.4 Å². The van der Waals surface area contributed by atoms with Crippen LogP contribution in [-0.2, 0) is 4.79 Å². The molecule has 1 amide bonds. The summed E-state index contributed by atoms with van der Waals surface area (Å²) in [5.74, 6) is 0.556. The zero-order chi connectivity index (χ0) is 15.5. The Kier molecular flexibility index (Phi) is 4.41. The Hall–Kier alpha value is -1.91. The van der Waals surface area contributed by atoms with Gasteiger partial charge in [-0.3, -0.25) is 4.79 Å². The smallest absolute Gasteiger partial charge is 0.223 e. The number of amides is 1. The van der Waals surface area contributed by atoms with Crippen molar-refractivity contribution in [3.8, 4) is 0 Å². The lowest BCUT2D eigenvalue weighted by Gasteiger charge is -2.32. The van der Waals surface area contributed by atoms with Crippen molar-refractivity contribution < 1.29 is 4.79 Å². The molecule has 1 aliphatic rings. The second kappa shape index (κ2) is 6.46. The Balaban J connectivity index is 1.75. The molecule has 0 radical (unpaired) electrons. The fraction of sp³-hybridized carbons (Fsp3) is 0.389. The Labute approximate surface area is 131 Å². The zero-order valence-electron chi connectivity index (χ0n) is 12.9. The van der Waals surface area contributed by atoms with E-state index >= 15 is 0 Å². The van der Waals surface area contributed by atoms with E-state index in [1.807, 2.05) is 19.1 Å². The molecule has 116 valence electrons. The van der Waals surface area contributed by atoms with Crippen LogP contribution in [0.25, 0.3) is 10.8 Å². The van der Waals surface area contributed by atoms with Crippen LogP contribution >= 0.6 is 0 Å². The summed E-state index contributed by atoms with van der Waals surface area (Å²) >= 11 is 0. The predicted molar refractivity (Wildman–Crippen MR) is 89.4 cm³/mol. The maximum Gasteiger partial charge on any atom is 0.223 e. The van der Waals surface area contributed by atoms with Crippen molar-refractivity contribution in [3.05, 3.63) is 48.0 Å². The van der Waals surface area contributed by atoms with E-state index in [1.165, 1.54) is 10.8 Å². The molecule has 0 spiro atoms. The highest BCUT2D eigenvalue weighted by molar-refractivity contribution is 5.83. The Bertz CT molecular complexity index is 666. The lowest BCUT2D eigenvalue weighted by Crippen LogP contribution is -2.50. The van der Waals surface area contributed by atoms with Gasteiger partial charge >= 0.3 is 0 Å². The van der Waals surface area contributed by atoms with Gasteiger partial charge in [0.2, 0.25) is 5.91 Å². The average molecular weight is 297 g/mol. The van der Waals surface area contributed by atoms with Gasteiger partial charge in [0.15, 0.2) is 0 Å². The number of carbonyl (C=O) groups is 1. The van der Waals surface area contributed by atoms with Gasteiger partial charge in [-0.25, -0.2) is 0 Å². The van der Waals surface area contributed by atoms with Gasteiger partial charge in [0.1, 0.15) is 0 Å². The summed E-state index contributed by atoms with van der Waals surface area (Å²) in [5, 5.41) is 8.68. The van der Waals surface area contributed by atoms with Crippen LogP contribution in [0.1, 0.15) is 18.5 Å². The van der Waals surface area contributed by atoms with E-state index in [0.29, 0.717) is 12.5 Å². The summed E-state index contributed by atoms with van der Waals surface area (Å²) in [4.78, 5) is 12.4. The number of fused-ring (bicyclic) bond motifs is 1. The number of benzene rings is 2. The van der Waals surface area contributed by atoms with Crippen LogP contribution in [0.15, 0.2) is 42.5 Å². The summed E-state index contributed by atoms with van der Waals surface area (Å²) in [6.07, 6.45) is 0. The van der Waals surface area contributed by atoms with Crippen molar-refractivity contribution in [1.82, 2.24) is 10.6 Å². The summed E-state index contributed by atoms with van der Waals surface area (Å²) < 4.78 is 0. The molecule has 1 aliphatic heterocycles. The van der Waals surface area contributed by atoms with Gasteiger partial charge in [0.25, 0.3) is 0 Å². The summed E-state index contributed by atoms with van der Waals surface area (Å²) in [6, 6.07) is 14.3. The quantitative estimate of drug-likeness (QED) is 0.788. The second-order valence-electron chi connectivity index (χ2n) is 6.11. The van der Waals surface area contributed by atoms with Gasteiger partial charge in [-0.1, -0.05) is 43.3 Å². The summed E-state index contributed by atoms with van der Waals surface area (Å²) in [5.41, 5.74) is 6.96. The molecule has 22 heavy (non-hydrogen) atoms. The Morgan fingerprint density at radius 2 is 2.00 bits per heavy atom. The van der Waals surface area contributed by atoms with Crippen molar-refractivity contribution in [3.63, 3.8) is 0 Å². The molecule has 2 aromatic carbocycles. The van der Waals surface area contributed by atoms with Gasteiger partial charge in [0, 0.05) is 12.5 Å². The van der Waals surface area contributed by atoms with Crippen LogP contribution in [0.4, 0.5) is 0 Å². The standard InChI is InChI=1S/C18H23N3O/c1-12(16-10-20-11-16)18(22)21-17(9-19)15-7-6-13-4-2-3-5-14(13)8-15/h2-8,12,16-17,20H,9-11,19H2,1H3,(H,21,22). The highest BCUT2D eigenvalue weighted by atomic mass is 16.1. The van der Waals surface area contributed by atoms with Crippen LogP contribution < -0.4 is 16.4 Å². The third-order valence-corrected chi connectivity index (χ3v) is 4.66. The molecule has 0 bridgehead atoms. The van der Waals surface area contributed by atoms with Crippen LogP contribution in [0.2, 0.25) is 0 Å². The third kappa shape index (κ3) is 2.98. The van der Waals surface area contributed by atoms with Gasteiger partial charge in [-0.2, -0.15) is 0 Å². The lowest BCUT2D eigenvalue weighted by atomic mass is 9.88. The van der Waals surface area contributed by atoms with E-state index in [-0.39, 0.29) is 17.9 Å². The highest BCUT2D eigenvalue weighted by Gasteiger charge is 2.29. The minimum atomic E-state index is -0.132. The number of nitrogens with two attached hydrogens (primary N) is 1. The van der Waals surface area contributed by atoms with E-state index in [0.717, 1.165) is 18.7 Å². The molecular weight excluding hydrogens is 274 g/mol. The van der Waals surface area contributed by atoms with Gasteiger partial charge < -0.3 is 16.4 Å². The molecule has 1 heterocycles. The maximum absolute atomic E-state index is 12.4. The van der Waals surface area contributed by atoms with Crippen molar-refractivity contribution in [2.24, 2.45) is 17.6 Å². The van der Waals surface area contributed by atoms with Crippen LogP contribution in [-0.4, -0.2) is 25.5 Å². The van der Waals surface area contributed by atoms with Crippen molar-refractivity contribution in [2.75, 3.05) is 19.6 Å². The molecule has 2 unspecified atom stereocenters. The average Bonchev–Trinajstić information content (AvgIpc) is 2.50. The second-order valence-corrected chi connectivity index (χ2v) is 6.11. The van der Waals surface area contributed by atoms with Crippen molar-refractivity contribution >= 4 is 16.7 Å². The van der Waals surface area contributed by atoms with Crippen LogP contribution in [0.3, 0.4) is 0 Å². The highest BCUT2D eigenvalue weighted by Crippen LogP contribution is 2.22. The lowest BCUT2D eigenvalue weighted by molar-refractivity contribution is -0.127.